The van der Waals surface area contributed by atoms with E-state index in [1.807, 2.05) is 0 Å². The van der Waals surface area contributed by atoms with Gasteiger partial charge in [0.25, 0.3) is 0 Å². The van der Waals surface area contributed by atoms with E-state index in [-0.39, 0.29) is 5.92 Å². The molecule has 0 aliphatic carbocycles. The van der Waals surface area contributed by atoms with Crippen molar-refractivity contribution in [2.45, 2.75) is 40.2 Å². The molecule has 0 saturated heterocycles. The summed E-state index contributed by atoms with van der Waals surface area (Å²) in [6, 6.07) is 8.64. The molecule has 0 fully saturated rings. The fourth-order valence-electron chi connectivity index (χ4n) is 1.94. The SMILES string of the molecule is CC(C)Cc1ccc(CNCCC(C)C(=O)O)cc1. The molecule has 0 saturated carbocycles. The molecule has 1 atom stereocenters. The van der Waals surface area contributed by atoms with Crippen LogP contribution in [0.3, 0.4) is 0 Å². The molecule has 0 spiro atoms. The van der Waals surface area contributed by atoms with Crippen molar-refractivity contribution in [3.63, 3.8) is 0 Å². The third-order valence-corrected chi connectivity index (χ3v) is 3.17. The minimum atomic E-state index is -0.722. The average molecular weight is 263 g/mol. The highest BCUT2D eigenvalue weighted by Crippen LogP contribution is 2.09. The van der Waals surface area contributed by atoms with E-state index < -0.39 is 5.97 Å². The van der Waals surface area contributed by atoms with Gasteiger partial charge in [0.15, 0.2) is 0 Å². The van der Waals surface area contributed by atoms with E-state index >= 15 is 0 Å². The van der Waals surface area contributed by atoms with Gasteiger partial charge in [-0.25, -0.2) is 0 Å². The standard InChI is InChI=1S/C16H25NO2/c1-12(2)10-14-4-6-15(7-5-14)11-17-9-8-13(3)16(18)19/h4-7,12-13,17H,8-11H2,1-3H3,(H,18,19). The van der Waals surface area contributed by atoms with Crippen LogP contribution in [0, 0.1) is 11.8 Å². The van der Waals surface area contributed by atoms with Crippen molar-refractivity contribution in [3.05, 3.63) is 35.4 Å². The Morgan fingerprint density at radius 3 is 2.26 bits per heavy atom. The molecular formula is C16H25NO2. The Kier molecular flexibility index (Phi) is 6.57. The minimum Gasteiger partial charge on any atom is -0.481 e. The van der Waals surface area contributed by atoms with Crippen LogP contribution in [0.25, 0.3) is 0 Å². The summed E-state index contributed by atoms with van der Waals surface area (Å²) < 4.78 is 0. The van der Waals surface area contributed by atoms with Crippen LogP contribution in [0.4, 0.5) is 0 Å². The molecule has 0 aliphatic heterocycles. The average Bonchev–Trinajstić information content (AvgIpc) is 2.35. The first-order valence-corrected chi connectivity index (χ1v) is 7.00. The Hall–Kier alpha value is -1.35. The first-order valence-electron chi connectivity index (χ1n) is 7.00. The lowest BCUT2D eigenvalue weighted by molar-refractivity contribution is -0.141. The zero-order valence-corrected chi connectivity index (χ0v) is 12.1. The van der Waals surface area contributed by atoms with Crippen molar-refractivity contribution in [2.24, 2.45) is 11.8 Å². The second-order valence-electron chi connectivity index (χ2n) is 5.62. The Labute approximate surface area is 116 Å². The summed E-state index contributed by atoms with van der Waals surface area (Å²) in [7, 11) is 0. The molecule has 0 radical (unpaired) electrons. The van der Waals surface area contributed by atoms with Gasteiger partial charge in [0.05, 0.1) is 5.92 Å². The van der Waals surface area contributed by atoms with Crippen LogP contribution >= 0.6 is 0 Å². The monoisotopic (exact) mass is 263 g/mol. The van der Waals surface area contributed by atoms with Crippen LogP contribution in [0.1, 0.15) is 38.3 Å². The summed E-state index contributed by atoms with van der Waals surface area (Å²) in [6.07, 6.45) is 1.78. The highest BCUT2D eigenvalue weighted by molar-refractivity contribution is 5.69. The van der Waals surface area contributed by atoms with Gasteiger partial charge in [0.1, 0.15) is 0 Å². The van der Waals surface area contributed by atoms with E-state index in [2.05, 4.69) is 43.4 Å². The number of carbonyl (C=O) groups is 1. The van der Waals surface area contributed by atoms with Gasteiger partial charge in [0, 0.05) is 6.54 Å². The number of aliphatic carboxylic acids is 1. The molecule has 1 rings (SSSR count). The summed E-state index contributed by atoms with van der Waals surface area (Å²) in [6.45, 7) is 7.72. The fraction of sp³-hybridized carbons (Fsp3) is 0.562. The Bertz CT molecular complexity index is 384. The number of carboxylic acid groups (broad SMARTS) is 1. The van der Waals surface area contributed by atoms with Crippen molar-refractivity contribution >= 4 is 5.97 Å². The van der Waals surface area contributed by atoms with Gasteiger partial charge in [0.2, 0.25) is 0 Å². The van der Waals surface area contributed by atoms with E-state index in [1.54, 1.807) is 6.92 Å². The molecule has 0 amide bonds. The quantitative estimate of drug-likeness (QED) is 0.709. The van der Waals surface area contributed by atoms with Crippen LogP contribution in [-0.4, -0.2) is 17.6 Å². The molecule has 1 unspecified atom stereocenters. The van der Waals surface area contributed by atoms with E-state index in [4.69, 9.17) is 5.11 Å². The van der Waals surface area contributed by atoms with Crippen LogP contribution in [0.2, 0.25) is 0 Å². The molecular weight excluding hydrogens is 238 g/mol. The van der Waals surface area contributed by atoms with Crippen molar-refractivity contribution in [1.82, 2.24) is 5.32 Å². The number of hydrogen-bond donors (Lipinski definition) is 2. The number of nitrogens with one attached hydrogen (secondary N) is 1. The molecule has 0 bridgehead atoms. The summed E-state index contributed by atoms with van der Waals surface area (Å²) in [5.41, 5.74) is 2.62. The molecule has 3 nitrogen and oxygen atoms in total. The van der Waals surface area contributed by atoms with E-state index in [0.29, 0.717) is 12.3 Å². The summed E-state index contributed by atoms with van der Waals surface area (Å²) in [5, 5.41) is 12.1. The van der Waals surface area contributed by atoms with Gasteiger partial charge in [-0.15, -0.1) is 0 Å². The zero-order valence-electron chi connectivity index (χ0n) is 12.1. The second-order valence-corrected chi connectivity index (χ2v) is 5.62. The van der Waals surface area contributed by atoms with Crippen LogP contribution in [0.5, 0.6) is 0 Å². The maximum Gasteiger partial charge on any atom is 0.306 e. The number of benzene rings is 1. The van der Waals surface area contributed by atoms with Crippen molar-refractivity contribution in [2.75, 3.05) is 6.54 Å². The smallest absolute Gasteiger partial charge is 0.306 e. The van der Waals surface area contributed by atoms with Crippen LogP contribution < -0.4 is 5.32 Å². The second kappa shape index (κ2) is 7.95. The van der Waals surface area contributed by atoms with Gasteiger partial charge in [-0.1, -0.05) is 45.0 Å². The molecule has 19 heavy (non-hydrogen) atoms. The third-order valence-electron chi connectivity index (χ3n) is 3.17. The minimum absolute atomic E-state index is 0.277. The van der Waals surface area contributed by atoms with E-state index in [0.717, 1.165) is 19.5 Å². The predicted octanol–water partition coefficient (Wildman–Crippen LogP) is 3.09. The first-order chi connectivity index (χ1) is 8.99. The van der Waals surface area contributed by atoms with Gasteiger partial charge in [-0.2, -0.15) is 0 Å². The van der Waals surface area contributed by atoms with Crippen molar-refractivity contribution in [3.8, 4) is 0 Å². The molecule has 0 aromatic heterocycles. The Morgan fingerprint density at radius 2 is 1.74 bits per heavy atom. The maximum absolute atomic E-state index is 10.7. The lowest BCUT2D eigenvalue weighted by Crippen LogP contribution is -2.20. The summed E-state index contributed by atoms with van der Waals surface area (Å²) >= 11 is 0. The molecule has 1 aromatic rings. The van der Waals surface area contributed by atoms with Gasteiger partial charge >= 0.3 is 5.97 Å². The molecule has 0 aliphatic rings. The van der Waals surface area contributed by atoms with E-state index in [1.165, 1.54) is 11.1 Å². The van der Waals surface area contributed by atoms with Crippen molar-refractivity contribution < 1.29 is 9.90 Å². The fourth-order valence-corrected chi connectivity index (χ4v) is 1.94. The first kappa shape index (κ1) is 15.7. The largest absolute Gasteiger partial charge is 0.481 e. The zero-order chi connectivity index (χ0) is 14.3. The molecule has 2 N–H and O–H groups in total. The van der Waals surface area contributed by atoms with Gasteiger partial charge in [-0.05, 0) is 36.4 Å². The van der Waals surface area contributed by atoms with Crippen LogP contribution in [0.15, 0.2) is 24.3 Å². The lowest BCUT2D eigenvalue weighted by atomic mass is 10.0. The number of carboxylic acids is 1. The predicted molar refractivity (Wildman–Crippen MR) is 78.1 cm³/mol. The van der Waals surface area contributed by atoms with Gasteiger partial charge in [-0.3, -0.25) is 4.79 Å². The van der Waals surface area contributed by atoms with Crippen molar-refractivity contribution in [1.29, 1.82) is 0 Å². The highest BCUT2D eigenvalue weighted by atomic mass is 16.4. The maximum atomic E-state index is 10.7. The summed E-state index contributed by atoms with van der Waals surface area (Å²) in [4.78, 5) is 10.7. The number of hydrogen-bond acceptors (Lipinski definition) is 2. The summed E-state index contributed by atoms with van der Waals surface area (Å²) in [5.74, 6) is -0.317. The normalized spacial score (nSPS) is 12.6. The third kappa shape index (κ3) is 6.39. The highest BCUT2D eigenvalue weighted by Gasteiger charge is 2.09. The van der Waals surface area contributed by atoms with Crippen LogP contribution in [-0.2, 0) is 17.8 Å². The van der Waals surface area contributed by atoms with Gasteiger partial charge < -0.3 is 10.4 Å². The Morgan fingerprint density at radius 1 is 1.16 bits per heavy atom. The molecule has 0 heterocycles. The number of rotatable bonds is 8. The molecule has 106 valence electrons. The molecule has 1 aromatic carbocycles. The topological polar surface area (TPSA) is 49.3 Å². The Balaban J connectivity index is 2.28. The van der Waals surface area contributed by atoms with E-state index in [9.17, 15) is 4.79 Å². The lowest BCUT2D eigenvalue weighted by Gasteiger charge is -2.09. The molecule has 3 heteroatoms.